The second-order valence-electron chi connectivity index (χ2n) is 8.19. The molecule has 31 heavy (non-hydrogen) atoms. The van der Waals surface area contributed by atoms with E-state index in [2.05, 4.69) is 19.9 Å². The standard InChI is InChI=1S/C26H24N4O/c1-18-6-5-9-23(12-18)29-26(31)24-13-21(17-30(24)16-19-10-11-19)22-14-27-25(28-15-22)20-7-3-2-4-8-20/h2-9,12-15,17,19H,10-11,16H2,1H3,(H,29,31). The van der Waals surface area contributed by atoms with Crippen LogP contribution in [0.15, 0.2) is 79.3 Å². The van der Waals surface area contributed by atoms with Crippen molar-refractivity contribution in [1.82, 2.24) is 14.5 Å². The molecule has 1 saturated carbocycles. The third-order valence-corrected chi connectivity index (χ3v) is 5.57. The van der Waals surface area contributed by atoms with Crippen molar-refractivity contribution in [3.05, 3.63) is 90.5 Å². The van der Waals surface area contributed by atoms with Crippen LogP contribution in [0.5, 0.6) is 0 Å². The molecule has 5 heteroatoms. The van der Waals surface area contributed by atoms with Gasteiger partial charge < -0.3 is 9.88 Å². The molecule has 1 N–H and O–H groups in total. The maximum atomic E-state index is 13.1. The van der Waals surface area contributed by atoms with Gasteiger partial charge >= 0.3 is 0 Å². The maximum Gasteiger partial charge on any atom is 0.272 e. The zero-order valence-corrected chi connectivity index (χ0v) is 17.5. The zero-order chi connectivity index (χ0) is 21.2. The summed E-state index contributed by atoms with van der Waals surface area (Å²) in [6, 6.07) is 19.7. The van der Waals surface area contributed by atoms with E-state index in [-0.39, 0.29) is 5.91 Å². The van der Waals surface area contributed by atoms with Gasteiger partial charge in [-0.1, -0.05) is 42.5 Å². The summed E-state index contributed by atoms with van der Waals surface area (Å²) in [6.07, 6.45) is 8.15. The van der Waals surface area contributed by atoms with Gasteiger partial charge in [0.15, 0.2) is 5.82 Å². The highest BCUT2D eigenvalue weighted by molar-refractivity contribution is 6.04. The Balaban J connectivity index is 1.43. The molecule has 2 aromatic carbocycles. The maximum absolute atomic E-state index is 13.1. The second kappa shape index (κ2) is 8.19. The van der Waals surface area contributed by atoms with Crippen LogP contribution in [0.4, 0.5) is 5.69 Å². The predicted molar refractivity (Wildman–Crippen MR) is 123 cm³/mol. The number of carbonyl (C=O) groups excluding carboxylic acids is 1. The molecule has 0 bridgehead atoms. The zero-order valence-electron chi connectivity index (χ0n) is 17.5. The summed E-state index contributed by atoms with van der Waals surface area (Å²) in [5.41, 5.74) is 5.42. The highest BCUT2D eigenvalue weighted by Gasteiger charge is 2.25. The van der Waals surface area contributed by atoms with Crippen LogP contribution in [-0.2, 0) is 6.54 Å². The van der Waals surface area contributed by atoms with Crippen molar-refractivity contribution in [3.63, 3.8) is 0 Å². The topological polar surface area (TPSA) is 59.8 Å². The SMILES string of the molecule is Cc1cccc(NC(=O)c2cc(-c3cnc(-c4ccccc4)nc3)cn2CC2CC2)c1. The molecule has 1 aliphatic rings. The fourth-order valence-electron chi connectivity index (χ4n) is 3.72. The monoisotopic (exact) mass is 408 g/mol. The van der Waals surface area contributed by atoms with Gasteiger partial charge in [-0.15, -0.1) is 0 Å². The first kappa shape index (κ1) is 19.2. The van der Waals surface area contributed by atoms with E-state index in [4.69, 9.17) is 0 Å². The number of hydrogen-bond donors (Lipinski definition) is 1. The van der Waals surface area contributed by atoms with E-state index >= 15 is 0 Å². The molecule has 0 aliphatic heterocycles. The van der Waals surface area contributed by atoms with Gasteiger partial charge in [0, 0.05) is 47.5 Å². The molecule has 1 fully saturated rings. The number of hydrogen-bond acceptors (Lipinski definition) is 3. The van der Waals surface area contributed by atoms with Gasteiger partial charge in [0.25, 0.3) is 5.91 Å². The highest BCUT2D eigenvalue weighted by Crippen LogP contribution is 2.33. The molecular formula is C26H24N4O. The summed E-state index contributed by atoms with van der Waals surface area (Å²) in [5, 5.41) is 3.04. The molecule has 0 spiro atoms. The number of anilines is 1. The average Bonchev–Trinajstić information content (AvgIpc) is 3.51. The van der Waals surface area contributed by atoms with Crippen molar-refractivity contribution in [2.24, 2.45) is 5.92 Å². The normalized spacial score (nSPS) is 13.2. The summed E-state index contributed by atoms with van der Waals surface area (Å²) in [7, 11) is 0. The molecule has 5 rings (SSSR count). The van der Waals surface area contributed by atoms with Gasteiger partial charge in [-0.25, -0.2) is 9.97 Å². The van der Waals surface area contributed by atoms with Crippen LogP contribution in [0.3, 0.4) is 0 Å². The number of amides is 1. The van der Waals surface area contributed by atoms with E-state index in [0.29, 0.717) is 17.4 Å². The van der Waals surface area contributed by atoms with Crippen molar-refractivity contribution in [1.29, 1.82) is 0 Å². The van der Waals surface area contributed by atoms with Crippen molar-refractivity contribution in [2.45, 2.75) is 26.3 Å². The van der Waals surface area contributed by atoms with Crippen molar-refractivity contribution < 1.29 is 4.79 Å². The molecule has 4 aromatic rings. The molecule has 2 aromatic heterocycles. The lowest BCUT2D eigenvalue weighted by atomic mass is 10.1. The van der Waals surface area contributed by atoms with Crippen molar-refractivity contribution >= 4 is 11.6 Å². The van der Waals surface area contributed by atoms with Crippen LogP contribution in [0.2, 0.25) is 0 Å². The van der Waals surface area contributed by atoms with Crippen LogP contribution >= 0.6 is 0 Å². The number of aryl methyl sites for hydroxylation is 1. The van der Waals surface area contributed by atoms with Gasteiger partial charge in [-0.3, -0.25) is 4.79 Å². The Morgan fingerprint density at radius 3 is 2.45 bits per heavy atom. The Hall–Kier alpha value is -3.73. The van der Waals surface area contributed by atoms with Gasteiger partial charge in [-0.05, 0) is 49.4 Å². The first-order chi connectivity index (χ1) is 15.2. The van der Waals surface area contributed by atoms with Gasteiger partial charge in [-0.2, -0.15) is 0 Å². The van der Waals surface area contributed by atoms with Crippen LogP contribution in [-0.4, -0.2) is 20.4 Å². The Morgan fingerprint density at radius 1 is 0.968 bits per heavy atom. The first-order valence-electron chi connectivity index (χ1n) is 10.6. The summed E-state index contributed by atoms with van der Waals surface area (Å²) in [5.74, 6) is 1.25. The Labute approximate surface area is 181 Å². The fourth-order valence-corrected chi connectivity index (χ4v) is 3.72. The number of aromatic nitrogens is 3. The van der Waals surface area contributed by atoms with Crippen molar-refractivity contribution in [3.8, 4) is 22.5 Å². The number of carbonyl (C=O) groups is 1. The van der Waals surface area contributed by atoms with Crippen molar-refractivity contribution in [2.75, 3.05) is 5.32 Å². The third-order valence-electron chi connectivity index (χ3n) is 5.57. The smallest absolute Gasteiger partial charge is 0.272 e. The molecule has 0 unspecified atom stereocenters. The molecule has 1 amide bonds. The lowest BCUT2D eigenvalue weighted by Gasteiger charge is -2.09. The molecule has 0 atom stereocenters. The molecule has 5 nitrogen and oxygen atoms in total. The van der Waals surface area contributed by atoms with Gasteiger partial charge in [0.2, 0.25) is 0 Å². The largest absolute Gasteiger partial charge is 0.343 e. The van der Waals surface area contributed by atoms with Gasteiger partial charge in [0.1, 0.15) is 5.69 Å². The summed E-state index contributed by atoms with van der Waals surface area (Å²) in [6.45, 7) is 2.88. The van der Waals surface area contributed by atoms with E-state index in [1.54, 1.807) is 0 Å². The molecule has 2 heterocycles. The van der Waals surface area contributed by atoms with Crippen LogP contribution in [0.1, 0.15) is 28.9 Å². The summed E-state index contributed by atoms with van der Waals surface area (Å²) < 4.78 is 2.07. The average molecular weight is 409 g/mol. The van der Waals surface area contributed by atoms with Crippen LogP contribution in [0, 0.1) is 12.8 Å². The fraction of sp³-hybridized carbons (Fsp3) is 0.192. The highest BCUT2D eigenvalue weighted by atomic mass is 16.1. The third kappa shape index (κ3) is 4.40. The lowest BCUT2D eigenvalue weighted by molar-refractivity contribution is 0.101. The minimum atomic E-state index is -0.0978. The number of nitrogens with one attached hydrogen (secondary N) is 1. The number of benzene rings is 2. The minimum Gasteiger partial charge on any atom is -0.343 e. The van der Waals surface area contributed by atoms with Gasteiger partial charge in [0.05, 0.1) is 0 Å². The number of nitrogens with zero attached hydrogens (tertiary/aromatic N) is 3. The Bertz CT molecular complexity index is 1210. The summed E-state index contributed by atoms with van der Waals surface area (Å²) >= 11 is 0. The molecule has 1 aliphatic carbocycles. The first-order valence-corrected chi connectivity index (χ1v) is 10.6. The van der Waals surface area contributed by atoms with Crippen LogP contribution in [0.25, 0.3) is 22.5 Å². The van der Waals surface area contributed by atoms with Crippen LogP contribution < -0.4 is 5.32 Å². The second-order valence-corrected chi connectivity index (χ2v) is 8.19. The van der Waals surface area contributed by atoms with E-state index < -0.39 is 0 Å². The quantitative estimate of drug-likeness (QED) is 0.453. The van der Waals surface area contributed by atoms with E-state index in [9.17, 15) is 4.79 Å². The van der Waals surface area contributed by atoms with E-state index in [1.807, 2.05) is 86.2 Å². The molecule has 154 valence electrons. The minimum absolute atomic E-state index is 0.0978. The van der Waals surface area contributed by atoms with E-state index in [0.717, 1.165) is 34.5 Å². The van der Waals surface area contributed by atoms with E-state index in [1.165, 1.54) is 12.8 Å². The Kier molecular flexibility index (Phi) is 5.08. The molecule has 0 saturated heterocycles. The molecule has 0 radical (unpaired) electrons. The number of rotatable bonds is 6. The Morgan fingerprint density at radius 2 is 1.74 bits per heavy atom. The predicted octanol–water partition coefficient (Wildman–Crippen LogP) is 5.58. The molecular weight excluding hydrogens is 384 g/mol. The summed E-state index contributed by atoms with van der Waals surface area (Å²) in [4.78, 5) is 22.1. The lowest BCUT2D eigenvalue weighted by Crippen LogP contribution is -2.17.